The first kappa shape index (κ1) is 13.7. The Balaban J connectivity index is 1.67. The second kappa shape index (κ2) is 5.99. The van der Waals surface area contributed by atoms with E-state index in [0.29, 0.717) is 12.3 Å². The Hall–Kier alpha value is -1.31. The molecule has 104 valence electrons. The van der Waals surface area contributed by atoms with E-state index in [2.05, 4.69) is 24.3 Å². The minimum absolute atomic E-state index is 0.274. The zero-order chi connectivity index (χ0) is 13.9. The van der Waals surface area contributed by atoms with Gasteiger partial charge in [-0.25, -0.2) is 0 Å². The van der Waals surface area contributed by atoms with E-state index in [1.54, 1.807) is 0 Å². The lowest BCUT2D eigenvalue weighted by Gasteiger charge is -2.28. The first-order chi connectivity index (χ1) is 9.72. The van der Waals surface area contributed by atoms with Crippen LogP contribution in [0.5, 0.6) is 0 Å². The summed E-state index contributed by atoms with van der Waals surface area (Å²) >= 11 is 5.89. The quantitative estimate of drug-likeness (QED) is 0.902. The van der Waals surface area contributed by atoms with Crippen molar-refractivity contribution in [3.05, 3.63) is 70.2 Å². The third-order valence-electron chi connectivity index (χ3n) is 4.29. The summed E-state index contributed by atoms with van der Waals surface area (Å²) in [5.74, 6) is 0.362. The fourth-order valence-corrected chi connectivity index (χ4v) is 3.21. The van der Waals surface area contributed by atoms with Crippen LogP contribution in [0.4, 0.5) is 0 Å². The van der Waals surface area contributed by atoms with Crippen molar-refractivity contribution in [3.8, 4) is 0 Å². The van der Waals surface area contributed by atoms with Crippen molar-refractivity contribution in [1.29, 1.82) is 0 Å². The van der Waals surface area contributed by atoms with Crippen LogP contribution in [0.15, 0.2) is 48.5 Å². The van der Waals surface area contributed by atoms with Crippen LogP contribution in [0.2, 0.25) is 5.02 Å². The summed E-state index contributed by atoms with van der Waals surface area (Å²) in [6.07, 6.45) is 3.59. The first-order valence-corrected chi connectivity index (χ1v) is 7.59. The Labute approximate surface area is 125 Å². The summed E-state index contributed by atoms with van der Waals surface area (Å²) < 4.78 is 0. The molecule has 0 radical (unpaired) electrons. The maximum Gasteiger partial charge on any atom is 0.0611 e. The molecule has 0 aromatic heterocycles. The summed E-state index contributed by atoms with van der Waals surface area (Å²) in [5.41, 5.74) is 4.00. The number of fused-ring (bicyclic) bond motifs is 1. The molecule has 1 nitrogen and oxygen atoms in total. The van der Waals surface area contributed by atoms with Crippen molar-refractivity contribution >= 4 is 11.6 Å². The third-order valence-corrected chi connectivity index (χ3v) is 4.54. The Morgan fingerprint density at radius 1 is 1.05 bits per heavy atom. The van der Waals surface area contributed by atoms with Crippen molar-refractivity contribution in [2.75, 3.05) is 0 Å². The van der Waals surface area contributed by atoms with Crippen LogP contribution < -0.4 is 0 Å². The van der Waals surface area contributed by atoms with Crippen LogP contribution in [0.3, 0.4) is 0 Å². The SMILES string of the molecule is OC(Cc1ccc(Cl)cc1)C1CCc2ccccc2C1. The van der Waals surface area contributed by atoms with Gasteiger partial charge in [0.1, 0.15) is 0 Å². The van der Waals surface area contributed by atoms with Crippen molar-refractivity contribution in [1.82, 2.24) is 0 Å². The Morgan fingerprint density at radius 2 is 1.75 bits per heavy atom. The standard InChI is InChI=1S/C18H19ClO/c19-17-9-5-13(6-10-17)11-18(20)16-8-7-14-3-1-2-4-15(14)12-16/h1-6,9-10,16,18,20H,7-8,11-12H2. The van der Waals surface area contributed by atoms with Crippen LogP contribution >= 0.6 is 11.6 Å². The monoisotopic (exact) mass is 286 g/mol. The lowest BCUT2D eigenvalue weighted by molar-refractivity contribution is 0.0993. The molecule has 3 rings (SSSR count). The number of hydrogen-bond acceptors (Lipinski definition) is 1. The molecular weight excluding hydrogens is 268 g/mol. The second-order valence-electron chi connectivity index (χ2n) is 5.67. The fourth-order valence-electron chi connectivity index (χ4n) is 3.08. The van der Waals surface area contributed by atoms with Gasteiger partial charge in [0.2, 0.25) is 0 Å². The van der Waals surface area contributed by atoms with Gasteiger partial charge in [-0.15, -0.1) is 0 Å². The molecule has 2 unspecified atom stereocenters. The Morgan fingerprint density at radius 3 is 2.50 bits per heavy atom. The van der Waals surface area contributed by atoms with E-state index in [1.807, 2.05) is 24.3 Å². The third kappa shape index (κ3) is 3.05. The van der Waals surface area contributed by atoms with E-state index in [9.17, 15) is 5.11 Å². The molecule has 2 atom stereocenters. The smallest absolute Gasteiger partial charge is 0.0611 e. The fraction of sp³-hybridized carbons (Fsp3) is 0.333. The van der Waals surface area contributed by atoms with E-state index in [4.69, 9.17) is 11.6 Å². The second-order valence-corrected chi connectivity index (χ2v) is 6.11. The van der Waals surface area contributed by atoms with Gasteiger partial charge in [0.15, 0.2) is 0 Å². The highest BCUT2D eigenvalue weighted by Gasteiger charge is 2.24. The molecule has 2 aromatic carbocycles. The molecule has 0 saturated carbocycles. The topological polar surface area (TPSA) is 20.2 Å². The molecule has 0 saturated heterocycles. The molecule has 0 fully saturated rings. The van der Waals surface area contributed by atoms with E-state index in [0.717, 1.165) is 29.8 Å². The van der Waals surface area contributed by atoms with Gasteiger partial charge in [-0.05, 0) is 60.4 Å². The number of rotatable bonds is 3. The van der Waals surface area contributed by atoms with Crippen LogP contribution in [0.25, 0.3) is 0 Å². The average Bonchev–Trinajstić information content (AvgIpc) is 2.49. The lowest BCUT2D eigenvalue weighted by Crippen LogP contribution is -2.28. The van der Waals surface area contributed by atoms with Crippen molar-refractivity contribution in [3.63, 3.8) is 0 Å². The van der Waals surface area contributed by atoms with Crippen LogP contribution in [0, 0.1) is 5.92 Å². The number of hydrogen-bond donors (Lipinski definition) is 1. The van der Waals surface area contributed by atoms with Gasteiger partial charge in [0.25, 0.3) is 0 Å². The molecule has 0 spiro atoms. The number of benzene rings is 2. The molecule has 2 aromatic rings. The van der Waals surface area contributed by atoms with Crippen LogP contribution in [-0.4, -0.2) is 11.2 Å². The highest BCUT2D eigenvalue weighted by Crippen LogP contribution is 2.28. The number of aliphatic hydroxyl groups is 1. The van der Waals surface area contributed by atoms with Gasteiger partial charge >= 0.3 is 0 Å². The van der Waals surface area contributed by atoms with E-state index < -0.39 is 0 Å². The first-order valence-electron chi connectivity index (χ1n) is 7.21. The zero-order valence-corrected chi connectivity index (χ0v) is 12.2. The zero-order valence-electron chi connectivity index (χ0n) is 11.4. The predicted molar refractivity (Wildman–Crippen MR) is 83.1 cm³/mol. The summed E-state index contributed by atoms with van der Waals surface area (Å²) in [4.78, 5) is 0. The van der Waals surface area contributed by atoms with Gasteiger partial charge < -0.3 is 5.11 Å². The number of aliphatic hydroxyl groups excluding tert-OH is 1. The van der Waals surface area contributed by atoms with Gasteiger partial charge in [-0.2, -0.15) is 0 Å². The summed E-state index contributed by atoms with van der Waals surface area (Å²) in [5, 5.41) is 11.2. The summed E-state index contributed by atoms with van der Waals surface area (Å²) in [7, 11) is 0. The van der Waals surface area contributed by atoms with Gasteiger partial charge in [-0.3, -0.25) is 0 Å². The van der Waals surface area contributed by atoms with Crippen LogP contribution in [-0.2, 0) is 19.3 Å². The Kier molecular flexibility index (Phi) is 4.09. The molecule has 0 bridgehead atoms. The number of aryl methyl sites for hydroxylation is 1. The summed E-state index contributed by atoms with van der Waals surface area (Å²) in [6.45, 7) is 0. The van der Waals surface area contributed by atoms with Crippen molar-refractivity contribution in [2.24, 2.45) is 5.92 Å². The lowest BCUT2D eigenvalue weighted by atomic mass is 9.79. The molecular formula is C18H19ClO. The maximum atomic E-state index is 10.5. The summed E-state index contributed by atoms with van der Waals surface area (Å²) in [6, 6.07) is 16.4. The van der Waals surface area contributed by atoms with E-state index in [1.165, 1.54) is 11.1 Å². The molecule has 0 amide bonds. The highest BCUT2D eigenvalue weighted by atomic mass is 35.5. The molecule has 1 N–H and O–H groups in total. The Bertz CT molecular complexity index is 576. The number of halogens is 1. The van der Waals surface area contributed by atoms with E-state index >= 15 is 0 Å². The molecule has 0 aliphatic heterocycles. The van der Waals surface area contributed by atoms with Crippen LogP contribution in [0.1, 0.15) is 23.1 Å². The molecule has 2 heteroatoms. The highest BCUT2D eigenvalue weighted by molar-refractivity contribution is 6.30. The minimum Gasteiger partial charge on any atom is -0.392 e. The van der Waals surface area contributed by atoms with Gasteiger partial charge in [-0.1, -0.05) is 48.0 Å². The predicted octanol–water partition coefficient (Wildman–Crippen LogP) is 4.05. The largest absolute Gasteiger partial charge is 0.392 e. The van der Waals surface area contributed by atoms with E-state index in [-0.39, 0.29) is 6.10 Å². The van der Waals surface area contributed by atoms with Gasteiger partial charge in [0.05, 0.1) is 6.10 Å². The molecule has 0 heterocycles. The maximum absolute atomic E-state index is 10.5. The minimum atomic E-state index is -0.274. The normalized spacial score (nSPS) is 19.4. The van der Waals surface area contributed by atoms with Crippen molar-refractivity contribution < 1.29 is 5.11 Å². The molecule has 1 aliphatic rings. The van der Waals surface area contributed by atoms with Gasteiger partial charge in [0, 0.05) is 5.02 Å². The van der Waals surface area contributed by atoms with Crippen molar-refractivity contribution in [2.45, 2.75) is 31.8 Å². The molecule has 20 heavy (non-hydrogen) atoms. The average molecular weight is 287 g/mol. The molecule has 1 aliphatic carbocycles.